The predicted molar refractivity (Wildman–Crippen MR) is 188 cm³/mol. The molecular weight excluding hydrogens is 605 g/mol. The number of hydrogen-bond acceptors (Lipinski definition) is 7. The maximum Gasteiger partial charge on any atom is 0.231 e. The molecule has 3 aromatic rings. The first-order valence-corrected chi connectivity index (χ1v) is 20.7. The van der Waals surface area contributed by atoms with Crippen molar-refractivity contribution in [2.75, 3.05) is 18.6 Å². The Bertz CT molecular complexity index is 1530. The molecule has 0 saturated heterocycles. The molecule has 0 unspecified atom stereocenters. The molecule has 6 rings (SSSR count). The summed E-state index contributed by atoms with van der Waals surface area (Å²) < 4.78 is 18.0. The van der Waals surface area contributed by atoms with E-state index in [1.165, 1.54) is 0 Å². The van der Waals surface area contributed by atoms with E-state index >= 15 is 0 Å². The van der Waals surface area contributed by atoms with Crippen molar-refractivity contribution in [3.05, 3.63) is 54.0 Å². The summed E-state index contributed by atoms with van der Waals surface area (Å²) in [5.41, 5.74) is 3.85. The Morgan fingerprint density at radius 3 is 2.30 bits per heavy atom. The minimum atomic E-state index is -1.85. The van der Waals surface area contributed by atoms with Crippen LogP contribution in [0.4, 0.5) is 5.82 Å². The maximum atomic E-state index is 14.5. The van der Waals surface area contributed by atoms with Gasteiger partial charge in [-0.15, -0.1) is 0 Å². The van der Waals surface area contributed by atoms with E-state index in [1.807, 2.05) is 36.2 Å². The van der Waals surface area contributed by atoms with Crippen LogP contribution in [0.25, 0.3) is 11.3 Å². The second kappa shape index (κ2) is 13.8. The third-order valence-electron chi connectivity index (χ3n) is 11.3. The van der Waals surface area contributed by atoms with Crippen LogP contribution in [0.3, 0.4) is 0 Å². The molecule has 8 nitrogen and oxygen atoms in total. The molecule has 3 heterocycles. The standard InChI is InChI=1S/C38H54N4O4Si/c1-25-34(44-5)19-18-32(40-25)27-10-8-26(9-11-27)23-42(35-22-30(20-21-39-35)33-24-45-36(41-33)28-12-13-28)37(43)29-14-16-31(17-15-29)46-47(6,7)38(2,3)4/h18-22,24,26-29,31H,8-17,23H2,1-7H3. The van der Waals surface area contributed by atoms with E-state index in [9.17, 15) is 4.79 Å². The van der Waals surface area contributed by atoms with Gasteiger partial charge in [-0.1, -0.05) is 20.8 Å². The van der Waals surface area contributed by atoms with Crippen molar-refractivity contribution >= 4 is 20.0 Å². The Labute approximate surface area is 282 Å². The van der Waals surface area contributed by atoms with Crippen molar-refractivity contribution < 1.29 is 18.4 Å². The van der Waals surface area contributed by atoms with Crippen LogP contribution in [-0.4, -0.2) is 48.9 Å². The second-order valence-corrected chi connectivity index (χ2v) is 20.5. The van der Waals surface area contributed by atoms with E-state index in [-0.39, 0.29) is 23.0 Å². The predicted octanol–water partition coefficient (Wildman–Crippen LogP) is 9.21. The van der Waals surface area contributed by atoms with Crippen LogP contribution in [-0.2, 0) is 9.22 Å². The van der Waals surface area contributed by atoms with Gasteiger partial charge in [0.15, 0.2) is 14.2 Å². The lowest BCUT2D eigenvalue weighted by Crippen LogP contribution is -2.46. The molecule has 3 saturated carbocycles. The number of anilines is 1. The van der Waals surface area contributed by atoms with Crippen molar-refractivity contribution in [2.45, 2.75) is 128 Å². The van der Waals surface area contributed by atoms with Gasteiger partial charge in [-0.25, -0.2) is 9.97 Å². The van der Waals surface area contributed by atoms with Gasteiger partial charge in [0.2, 0.25) is 5.91 Å². The number of pyridine rings is 2. The summed E-state index contributed by atoms with van der Waals surface area (Å²) in [7, 11) is -0.161. The normalized spacial score (nSPS) is 23.8. The second-order valence-electron chi connectivity index (χ2n) is 15.8. The van der Waals surface area contributed by atoms with Crippen LogP contribution < -0.4 is 9.64 Å². The Hall–Kier alpha value is -3.04. The zero-order valence-corrected chi connectivity index (χ0v) is 30.6. The number of hydrogen-bond donors (Lipinski definition) is 0. The van der Waals surface area contributed by atoms with Gasteiger partial charge >= 0.3 is 0 Å². The van der Waals surface area contributed by atoms with E-state index in [0.717, 1.165) is 104 Å². The fourth-order valence-corrected chi connectivity index (χ4v) is 8.53. The van der Waals surface area contributed by atoms with Gasteiger partial charge in [0.05, 0.1) is 12.8 Å². The number of nitrogens with zero attached hydrogens (tertiary/aromatic N) is 4. The van der Waals surface area contributed by atoms with Crippen molar-refractivity contribution in [1.29, 1.82) is 0 Å². The highest BCUT2D eigenvalue weighted by Gasteiger charge is 2.41. The summed E-state index contributed by atoms with van der Waals surface area (Å²) in [5.74, 6) is 3.86. The molecule has 254 valence electrons. The number of carbonyl (C=O) groups excluding carboxylic acids is 1. The SMILES string of the molecule is COc1ccc(C2CCC(CN(C(=O)C3CCC(O[Si](C)(C)C(C)(C)C)CC3)c3cc(-c4coc(C5CC5)n4)ccn3)CC2)nc1C. The van der Waals surface area contributed by atoms with Crippen molar-refractivity contribution in [3.63, 3.8) is 0 Å². The molecule has 0 atom stereocenters. The molecule has 1 amide bonds. The van der Waals surface area contributed by atoms with Gasteiger partial charge < -0.3 is 13.6 Å². The molecule has 3 aliphatic carbocycles. The average Bonchev–Trinajstić information content (AvgIpc) is 3.79. The lowest BCUT2D eigenvalue weighted by molar-refractivity contribution is -0.124. The third kappa shape index (κ3) is 7.83. The van der Waals surface area contributed by atoms with Gasteiger partial charge in [0.25, 0.3) is 0 Å². The molecule has 0 aromatic carbocycles. The quantitative estimate of drug-likeness (QED) is 0.201. The van der Waals surface area contributed by atoms with Gasteiger partial charge in [-0.3, -0.25) is 14.7 Å². The summed E-state index contributed by atoms with van der Waals surface area (Å²) in [6, 6.07) is 8.16. The molecule has 47 heavy (non-hydrogen) atoms. The third-order valence-corrected chi connectivity index (χ3v) is 15.8. The number of aromatic nitrogens is 3. The summed E-state index contributed by atoms with van der Waals surface area (Å²) in [4.78, 5) is 30.9. The Morgan fingerprint density at radius 2 is 1.66 bits per heavy atom. The Balaban J connectivity index is 1.17. The molecular formula is C38H54N4O4Si. The number of amides is 1. The number of carbonyl (C=O) groups is 1. The molecule has 9 heteroatoms. The number of ether oxygens (including phenoxy) is 1. The molecule has 3 fully saturated rings. The van der Waals surface area contributed by atoms with Gasteiger partial charge in [-0.05, 0) is 119 Å². The van der Waals surface area contributed by atoms with Crippen LogP contribution in [0.15, 0.2) is 41.1 Å². The zero-order valence-electron chi connectivity index (χ0n) is 29.6. The van der Waals surface area contributed by atoms with Crippen molar-refractivity contribution in [1.82, 2.24) is 15.0 Å². The minimum Gasteiger partial charge on any atom is -0.495 e. The van der Waals surface area contributed by atoms with E-state index in [0.29, 0.717) is 24.3 Å². The lowest BCUT2D eigenvalue weighted by Gasteiger charge is -2.41. The smallest absolute Gasteiger partial charge is 0.231 e. The Kier molecular flexibility index (Phi) is 9.96. The molecule has 0 N–H and O–H groups in total. The van der Waals surface area contributed by atoms with E-state index < -0.39 is 8.32 Å². The first-order valence-electron chi connectivity index (χ1n) is 17.8. The highest BCUT2D eigenvalue weighted by Crippen LogP contribution is 2.42. The number of oxazole rings is 1. The highest BCUT2D eigenvalue weighted by atomic mass is 28.4. The summed E-state index contributed by atoms with van der Waals surface area (Å²) in [5, 5.41) is 0.178. The van der Waals surface area contributed by atoms with Crippen molar-refractivity contribution in [3.8, 4) is 17.0 Å². The van der Waals surface area contributed by atoms with Gasteiger partial charge in [-0.2, -0.15) is 0 Å². The van der Waals surface area contributed by atoms with E-state index in [1.54, 1.807) is 13.4 Å². The molecule has 0 bridgehead atoms. The van der Waals surface area contributed by atoms with Crippen LogP contribution in [0.5, 0.6) is 5.75 Å². The van der Waals surface area contributed by atoms with Crippen LogP contribution >= 0.6 is 0 Å². The van der Waals surface area contributed by atoms with Crippen LogP contribution in [0.1, 0.15) is 114 Å². The monoisotopic (exact) mass is 658 g/mol. The minimum absolute atomic E-state index is 0.0175. The summed E-state index contributed by atoms with van der Waals surface area (Å²) >= 11 is 0. The van der Waals surface area contributed by atoms with Crippen LogP contribution in [0.2, 0.25) is 18.1 Å². The first kappa shape index (κ1) is 33.8. The summed E-state index contributed by atoms with van der Waals surface area (Å²) in [6.45, 7) is 14.2. The zero-order chi connectivity index (χ0) is 33.3. The topological polar surface area (TPSA) is 90.6 Å². The molecule has 0 radical (unpaired) electrons. The Morgan fingerprint density at radius 1 is 0.957 bits per heavy atom. The van der Waals surface area contributed by atoms with Gasteiger partial charge in [0, 0.05) is 47.9 Å². The summed E-state index contributed by atoms with van der Waals surface area (Å²) in [6.07, 6.45) is 13.9. The first-order chi connectivity index (χ1) is 22.4. The average molecular weight is 659 g/mol. The van der Waals surface area contributed by atoms with E-state index in [2.05, 4.69) is 39.9 Å². The van der Waals surface area contributed by atoms with E-state index in [4.69, 9.17) is 28.5 Å². The number of aryl methyl sites for hydroxylation is 1. The fourth-order valence-electron chi connectivity index (χ4n) is 7.11. The molecule has 0 aliphatic heterocycles. The lowest BCUT2D eigenvalue weighted by atomic mass is 9.79. The molecule has 3 aromatic heterocycles. The largest absolute Gasteiger partial charge is 0.495 e. The number of rotatable bonds is 10. The molecule has 3 aliphatic rings. The fraction of sp³-hybridized carbons (Fsp3) is 0.632. The number of methoxy groups -OCH3 is 1. The molecule has 0 spiro atoms. The maximum absolute atomic E-state index is 14.5. The van der Waals surface area contributed by atoms with Gasteiger partial charge in [0.1, 0.15) is 23.5 Å². The van der Waals surface area contributed by atoms with Crippen molar-refractivity contribution in [2.24, 2.45) is 11.8 Å². The highest BCUT2D eigenvalue weighted by molar-refractivity contribution is 6.74. The van der Waals surface area contributed by atoms with Crippen LogP contribution in [0, 0.1) is 18.8 Å².